The Balaban J connectivity index is 2.63. The Hall–Kier alpha value is -1.68. The van der Waals surface area contributed by atoms with Crippen molar-refractivity contribution in [2.75, 3.05) is 12.4 Å². The Morgan fingerprint density at radius 2 is 2.11 bits per heavy atom. The number of rotatable bonds is 3. The Morgan fingerprint density at radius 1 is 1.33 bits per heavy atom. The van der Waals surface area contributed by atoms with Crippen molar-refractivity contribution in [2.45, 2.75) is 13.3 Å². The van der Waals surface area contributed by atoms with Crippen LogP contribution in [0.15, 0.2) is 24.5 Å². The highest BCUT2D eigenvalue weighted by Gasteiger charge is 2.13. The van der Waals surface area contributed by atoms with Gasteiger partial charge in [0.2, 0.25) is 0 Å². The Kier molecular flexibility index (Phi) is 3.77. The highest BCUT2D eigenvalue weighted by molar-refractivity contribution is 6.33. The largest absolute Gasteiger partial charge is 0.373 e. The lowest BCUT2D eigenvalue weighted by atomic mass is 10.0. The maximum absolute atomic E-state index is 13.1. The van der Waals surface area contributed by atoms with Gasteiger partial charge in [-0.25, -0.2) is 14.4 Å². The third kappa shape index (κ3) is 2.29. The maximum atomic E-state index is 13.1. The van der Waals surface area contributed by atoms with E-state index >= 15 is 0 Å². The van der Waals surface area contributed by atoms with Crippen LogP contribution in [-0.2, 0) is 6.42 Å². The Bertz CT molecular complexity index is 572. The summed E-state index contributed by atoms with van der Waals surface area (Å²) in [6.07, 6.45) is 2.24. The van der Waals surface area contributed by atoms with Crippen molar-refractivity contribution in [1.29, 1.82) is 0 Å². The lowest BCUT2D eigenvalue weighted by molar-refractivity contribution is 0.628. The number of hydrogen-bond acceptors (Lipinski definition) is 3. The molecule has 0 spiro atoms. The lowest BCUT2D eigenvalue weighted by Gasteiger charge is -2.12. The molecule has 5 heteroatoms. The van der Waals surface area contributed by atoms with E-state index in [0.717, 1.165) is 23.5 Å². The van der Waals surface area contributed by atoms with E-state index < -0.39 is 0 Å². The zero-order valence-electron chi connectivity index (χ0n) is 10.2. The molecule has 0 aliphatic heterocycles. The normalized spacial score (nSPS) is 10.4. The van der Waals surface area contributed by atoms with Gasteiger partial charge >= 0.3 is 0 Å². The fourth-order valence-electron chi connectivity index (χ4n) is 1.88. The first-order chi connectivity index (χ1) is 8.67. The first-order valence-electron chi connectivity index (χ1n) is 5.64. The molecule has 0 aliphatic carbocycles. The van der Waals surface area contributed by atoms with E-state index in [1.165, 1.54) is 18.5 Å². The number of halogens is 2. The van der Waals surface area contributed by atoms with Crippen LogP contribution < -0.4 is 5.32 Å². The van der Waals surface area contributed by atoms with Gasteiger partial charge in [-0.05, 0) is 24.6 Å². The number of anilines is 1. The highest BCUT2D eigenvalue weighted by atomic mass is 35.5. The number of aromatic nitrogens is 2. The third-order valence-corrected chi connectivity index (χ3v) is 3.03. The van der Waals surface area contributed by atoms with Gasteiger partial charge in [0.1, 0.15) is 18.0 Å². The lowest BCUT2D eigenvalue weighted by Crippen LogP contribution is -2.02. The minimum Gasteiger partial charge on any atom is -0.373 e. The van der Waals surface area contributed by atoms with Crippen molar-refractivity contribution in [3.8, 4) is 11.3 Å². The summed E-state index contributed by atoms with van der Waals surface area (Å²) in [5.41, 5.74) is 2.42. The van der Waals surface area contributed by atoms with Crippen LogP contribution in [-0.4, -0.2) is 17.0 Å². The summed E-state index contributed by atoms with van der Waals surface area (Å²) in [5, 5.41) is 3.37. The number of nitrogens with one attached hydrogen (secondary N) is 1. The Morgan fingerprint density at radius 3 is 2.72 bits per heavy atom. The standard InChI is InChI=1S/C13H13ClFN3/c1-3-9-12(17-7-18-13(9)16-2)10-5-4-8(15)6-11(10)14/h4-7H,3H2,1-2H3,(H,16,17,18). The van der Waals surface area contributed by atoms with Crippen molar-refractivity contribution >= 4 is 17.4 Å². The van der Waals surface area contributed by atoms with Gasteiger partial charge in [-0.3, -0.25) is 0 Å². The number of nitrogens with zero attached hydrogens (tertiary/aromatic N) is 2. The molecular formula is C13H13ClFN3. The second-order valence-electron chi connectivity index (χ2n) is 3.78. The predicted molar refractivity (Wildman–Crippen MR) is 71.4 cm³/mol. The molecule has 0 bridgehead atoms. The number of hydrogen-bond donors (Lipinski definition) is 1. The second-order valence-corrected chi connectivity index (χ2v) is 4.18. The minimum absolute atomic E-state index is 0.352. The van der Waals surface area contributed by atoms with Crippen molar-refractivity contribution in [1.82, 2.24) is 9.97 Å². The molecule has 1 aromatic heterocycles. The average molecular weight is 266 g/mol. The van der Waals surface area contributed by atoms with Gasteiger partial charge in [-0.15, -0.1) is 0 Å². The molecular weight excluding hydrogens is 253 g/mol. The summed E-state index contributed by atoms with van der Waals surface area (Å²) in [7, 11) is 1.80. The molecule has 0 fully saturated rings. The van der Waals surface area contributed by atoms with Crippen LogP contribution in [0.5, 0.6) is 0 Å². The summed E-state index contributed by atoms with van der Waals surface area (Å²) in [6.45, 7) is 2.01. The van der Waals surface area contributed by atoms with Crippen LogP contribution in [0.4, 0.5) is 10.2 Å². The molecule has 0 unspecified atom stereocenters. The van der Waals surface area contributed by atoms with Gasteiger partial charge in [0.05, 0.1) is 10.7 Å². The molecule has 0 saturated carbocycles. The van der Waals surface area contributed by atoms with Crippen LogP contribution in [0.2, 0.25) is 5.02 Å². The highest BCUT2D eigenvalue weighted by Crippen LogP contribution is 2.31. The van der Waals surface area contributed by atoms with Gasteiger partial charge in [0.25, 0.3) is 0 Å². The summed E-state index contributed by atoms with van der Waals surface area (Å²) in [6, 6.07) is 4.30. The van der Waals surface area contributed by atoms with Gasteiger partial charge in [0, 0.05) is 18.2 Å². The van der Waals surface area contributed by atoms with Gasteiger partial charge in [-0.2, -0.15) is 0 Å². The fraction of sp³-hybridized carbons (Fsp3) is 0.231. The molecule has 1 heterocycles. The van der Waals surface area contributed by atoms with Crippen molar-refractivity contribution < 1.29 is 4.39 Å². The molecule has 3 nitrogen and oxygen atoms in total. The molecule has 0 radical (unpaired) electrons. The van der Waals surface area contributed by atoms with Crippen molar-refractivity contribution in [2.24, 2.45) is 0 Å². The summed E-state index contributed by atoms with van der Waals surface area (Å²) >= 11 is 6.07. The first-order valence-corrected chi connectivity index (χ1v) is 6.02. The zero-order valence-corrected chi connectivity index (χ0v) is 10.9. The summed E-state index contributed by atoms with van der Waals surface area (Å²) in [5.74, 6) is 0.410. The maximum Gasteiger partial charge on any atom is 0.132 e. The summed E-state index contributed by atoms with van der Waals surface area (Å²) < 4.78 is 13.1. The quantitative estimate of drug-likeness (QED) is 0.922. The molecule has 0 amide bonds. The van der Waals surface area contributed by atoms with Crippen LogP contribution in [0.25, 0.3) is 11.3 Å². The third-order valence-electron chi connectivity index (χ3n) is 2.72. The molecule has 2 rings (SSSR count). The van der Waals surface area contributed by atoms with Crippen LogP contribution in [0, 0.1) is 5.82 Å². The smallest absolute Gasteiger partial charge is 0.132 e. The van der Waals surface area contributed by atoms with Crippen molar-refractivity contribution in [3.63, 3.8) is 0 Å². The first kappa shape index (κ1) is 12.8. The van der Waals surface area contributed by atoms with Gasteiger partial charge < -0.3 is 5.32 Å². The van der Waals surface area contributed by atoms with E-state index in [1.807, 2.05) is 6.92 Å². The zero-order chi connectivity index (χ0) is 13.1. The van der Waals surface area contributed by atoms with Crippen molar-refractivity contribution in [3.05, 3.63) is 40.9 Å². The van der Waals surface area contributed by atoms with E-state index in [9.17, 15) is 4.39 Å². The van der Waals surface area contributed by atoms with Gasteiger partial charge in [-0.1, -0.05) is 18.5 Å². The fourth-order valence-corrected chi connectivity index (χ4v) is 2.13. The SMILES string of the molecule is CCc1c(NC)ncnc1-c1ccc(F)cc1Cl. The molecule has 0 atom stereocenters. The monoisotopic (exact) mass is 265 g/mol. The molecule has 18 heavy (non-hydrogen) atoms. The van der Waals surface area contributed by atoms with E-state index in [2.05, 4.69) is 15.3 Å². The second kappa shape index (κ2) is 5.31. The Labute approximate surface area is 110 Å². The van der Waals surface area contributed by atoms with E-state index in [0.29, 0.717) is 10.6 Å². The molecule has 94 valence electrons. The molecule has 1 N–H and O–H groups in total. The van der Waals surface area contributed by atoms with Crippen LogP contribution in [0.3, 0.4) is 0 Å². The molecule has 2 aromatic rings. The van der Waals surface area contributed by atoms with E-state index in [4.69, 9.17) is 11.6 Å². The predicted octanol–water partition coefficient (Wildman–Crippen LogP) is 3.54. The van der Waals surface area contributed by atoms with E-state index in [1.54, 1.807) is 13.1 Å². The summed E-state index contributed by atoms with van der Waals surface area (Å²) in [4.78, 5) is 8.42. The van der Waals surface area contributed by atoms with Crippen LogP contribution in [0.1, 0.15) is 12.5 Å². The molecule has 0 saturated heterocycles. The topological polar surface area (TPSA) is 37.8 Å². The van der Waals surface area contributed by atoms with Crippen LogP contribution >= 0.6 is 11.6 Å². The average Bonchev–Trinajstić information content (AvgIpc) is 2.37. The molecule has 1 aromatic carbocycles. The number of benzene rings is 1. The van der Waals surface area contributed by atoms with Gasteiger partial charge in [0.15, 0.2) is 0 Å². The molecule has 0 aliphatic rings. The minimum atomic E-state index is -0.357. The van der Waals surface area contributed by atoms with E-state index in [-0.39, 0.29) is 5.82 Å².